The Hall–Kier alpha value is -4.11. The maximum atomic E-state index is 13.2. The molecule has 0 radical (unpaired) electrons. The van der Waals surface area contributed by atoms with Crippen LogP contribution in [0, 0.1) is 0 Å². The van der Waals surface area contributed by atoms with Crippen molar-refractivity contribution in [2.24, 2.45) is 0 Å². The Morgan fingerprint density at radius 3 is 2.46 bits per heavy atom. The average Bonchev–Trinajstić information content (AvgIpc) is 3.51. The number of methoxy groups -OCH3 is 1. The van der Waals surface area contributed by atoms with Crippen molar-refractivity contribution in [3.8, 4) is 5.75 Å². The van der Waals surface area contributed by atoms with Crippen molar-refractivity contribution in [3.05, 3.63) is 88.5 Å². The van der Waals surface area contributed by atoms with Crippen LogP contribution in [-0.4, -0.2) is 57.5 Å². The molecule has 0 spiro atoms. The third kappa shape index (κ3) is 5.36. The van der Waals surface area contributed by atoms with E-state index in [-0.39, 0.29) is 28.5 Å². The maximum Gasteiger partial charge on any atom is 0.337 e. The van der Waals surface area contributed by atoms with Gasteiger partial charge in [-0.1, -0.05) is 23.7 Å². The second-order valence-corrected chi connectivity index (χ2v) is 8.75. The Balaban J connectivity index is 1.74. The van der Waals surface area contributed by atoms with Gasteiger partial charge in [0.15, 0.2) is 0 Å². The third-order valence-corrected chi connectivity index (χ3v) is 6.36. The Labute approximate surface area is 218 Å². The third-order valence-electron chi connectivity index (χ3n) is 6.07. The van der Waals surface area contributed by atoms with E-state index in [4.69, 9.17) is 21.1 Å². The number of rotatable bonds is 9. The minimum absolute atomic E-state index is 0.0568. The maximum absolute atomic E-state index is 13.2. The fourth-order valence-electron chi connectivity index (χ4n) is 4.30. The lowest BCUT2D eigenvalue weighted by atomic mass is 9.94. The quantitative estimate of drug-likeness (QED) is 0.193. The van der Waals surface area contributed by atoms with E-state index in [2.05, 4.69) is 4.98 Å². The largest absolute Gasteiger partial charge is 0.507 e. The number of benzene rings is 2. The van der Waals surface area contributed by atoms with Crippen LogP contribution < -0.4 is 4.74 Å². The van der Waals surface area contributed by atoms with Crippen LogP contribution in [0.15, 0.2) is 66.8 Å². The Morgan fingerprint density at radius 1 is 1.11 bits per heavy atom. The van der Waals surface area contributed by atoms with Crippen LogP contribution in [0.25, 0.3) is 5.76 Å². The first kappa shape index (κ1) is 26.0. The van der Waals surface area contributed by atoms with Gasteiger partial charge in [-0.2, -0.15) is 0 Å². The smallest absolute Gasteiger partial charge is 0.337 e. The molecule has 0 aliphatic carbocycles. The average molecular weight is 524 g/mol. The molecule has 1 amide bonds. The molecule has 1 atom stereocenters. The van der Waals surface area contributed by atoms with Crippen LogP contribution in [0.3, 0.4) is 0 Å². The summed E-state index contributed by atoms with van der Waals surface area (Å²) in [5.41, 5.74) is 1.11. The number of aliphatic hydroxyl groups is 1. The zero-order valence-corrected chi connectivity index (χ0v) is 21.1. The van der Waals surface area contributed by atoms with E-state index < -0.39 is 23.7 Å². The van der Waals surface area contributed by atoms with Gasteiger partial charge in [-0.3, -0.25) is 9.59 Å². The second-order valence-electron chi connectivity index (χ2n) is 8.34. The van der Waals surface area contributed by atoms with Crippen molar-refractivity contribution in [3.63, 3.8) is 0 Å². The number of hydrogen-bond donors (Lipinski definition) is 1. The normalized spacial score (nSPS) is 16.7. The number of ether oxygens (including phenoxy) is 2. The van der Waals surface area contributed by atoms with Gasteiger partial charge in [-0.15, -0.1) is 0 Å². The number of esters is 1. The molecule has 0 bridgehead atoms. The van der Waals surface area contributed by atoms with Gasteiger partial charge in [0.25, 0.3) is 11.7 Å². The van der Waals surface area contributed by atoms with Gasteiger partial charge in [0, 0.05) is 31.0 Å². The highest BCUT2D eigenvalue weighted by molar-refractivity contribution is 6.46. The fourth-order valence-corrected chi connectivity index (χ4v) is 4.53. The number of halogens is 1. The monoisotopic (exact) mass is 523 g/mol. The fraction of sp³-hybridized carbons (Fsp3) is 0.259. The van der Waals surface area contributed by atoms with Crippen molar-refractivity contribution in [1.29, 1.82) is 0 Å². The number of carbonyl (C=O) groups excluding carboxylic acids is 3. The summed E-state index contributed by atoms with van der Waals surface area (Å²) in [6.07, 6.45) is 5.70. The Kier molecular flexibility index (Phi) is 7.93. The van der Waals surface area contributed by atoms with E-state index in [1.165, 1.54) is 18.1 Å². The van der Waals surface area contributed by atoms with Crippen molar-refractivity contribution >= 4 is 35.0 Å². The van der Waals surface area contributed by atoms with Gasteiger partial charge in [0.2, 0.25) is 0 Å². The molecule has 1 saturated heterocycles. The summed E-state index contributed by atoms with van der Waals surface area (Å²) in [6.45, 7) is 3.08. The van der Waals surface area contributed by atoms with E-state index in [0.29, 0.717) is 36.4 Å². The van der Waals surface area contributed by atoms with Crippen LogP contribution >= 0.6 is 11.6 Å². The summed E-state index contributed by atoms with van der Waals surface area (Å²) in [6, 6.07) is 10.2. The van der Waals surface area contributed by atoms with Crippen LogP contribution in [0.5, 0.6) is 5.75 Å². The standard InChI is InChI=1S/C27H26ClN3O6/c1-3-37-21-10-9-19(15-20(21)28)24(32)22-23(17-5-7-18(8-6-17)27(35)36-2)31(26(34)25(22)33)13-4-12-30-14-11-29-16-30/h5-11,14-16,23,32H,3-4,12-13H2,1-2H3/b24-22+. The number of hydrogen-bond acceptors (Lipinski definition) is 7. The molecule has 1 fully saturated rings. The first-order valence-electron chi connectivity index (χ1n) is 11.7. The number of imidazole rings is 1. The van der Waals surface area contributed by atoms with E-state index in [0.717, 1.165) is 0 Å². The molecule has 1 aromatic heterocycles. The summed E-state index contributed by atoms with van der Waals surface area (Å²) in [7, 11) is 1.29. The molecule has 9 nitrogen and oxygen atoms in total. The molecule has 2 heterocycles. The lowest BCUT2D eigenvalue weighted by molar-refractivity contribution is -0.139. The lowest BCUT2D eigenvalue weighted by Gasteiger charge is -2.25. The van der Waals surface area contributed by atoms with Gasteiger partial charge in [0.05, 0.1) is 42.2 Å². The first-order valence-corrected chi connectivity index (χ1v) is 12.1. The highest BCUT2D eigenvalue weighted by Crippen LogP contribution is 2.40. The summed E-state index contributed by atoms with van der Waals surface area (Å²) in [5, 5.41) is 11.5. The number of aryl methyl sites for hydroxylation is 1. The number of nitrogens with zero attached hydrogens (tertiary/aromatic N) is 3. The molecule has 10 heteroatoms. The Bertz CT molecular complexity index is 1330. The molecule has 1 aliphatic rings. The predicted molar refractivity (Wildman–Crippen MR) is 136 cm³/mol. The molecule has 1 unspecified atom stereocenters. The number of Topliss-reactive ketones (excluding diaryl/α,β-unsaturated/α-hetero) is 1. The summed E-state index contributed by atoms with van der Waals surface area (Å²) < 4.78 is 12.1. The second kappa shape index (κ2) is 11.3. The molecule has 3 aromatic rings. The topological polar surface area (TPSA) is 111 Å². The van der Waals surface area contributed by atoms with Crippen molar-refractivity contribution in [2.75, 3.05) is 20.3 Å². The molecule has 1 N–H and O–H groups in total. The van der Waals surface area contributed by atoms with Crippen LogP contribution in [0.1, 0.15) is 40.9 Å². The summed E-state index contributed by atoms with van der Waals surface area (Å²) in [5.74, 6) is -1.93. The molecule has 4 rings (SSSR count). The van der Waals surface area contributed by atoms with Gasteiger partial charge in [-0.25, -0.2) is 9.78 Å². The SMILES string of the molecule is CCOc1ccc(/C(O)=C2\C(=O)C(=O)N(CCCn3ccnc3)C2c2ccc(C(=O)OC)cc2)cc1Cl. The molecule has 2 aromatic carbocycles. The lowest BCUT2D eigenvalue weighted by Crippen LogP contribution is -2.31. The van der Waals surface area contributed by atoms with Crippen molar-refractivity contribution < 1.29 is 29.0 Å². The van der Waals surface area contributed by atoms with Gasteiger partial charge in [-0.05, 0) is 49.2 Å². The van der Waals surface area contributed by atoms with Gasteiger partial charge in [0.1, 0.15) is 11.5 Å². The predicted octanol–water partition coefficient (Wildman–Crippen LogP) is 4.23. The molecular formula is C27H26ClN3O6. The zero-order valence-electron chi connectivity index (χ0n) is 20.4. The number of likely N-dealkylation sites (tertiary alicyclic amines) is 1. The number of carbonyl (C=O) groups is 3. The van der Waals surface area contributed by atoms with Crippen LogP contribution in [0.2, 0.25) is 5.02 Å². The number of ketones is 1. The van der Waals surface area contributed by atoms with Gasteiger partial charge < -0.3 is 24.0 Å². The van der Waals surface area contributed by atoms with Crippen molar-refractivity contribution in [2.45, 2.75) is 25.9 Å². The van der Waals surface area contributed by atoms with Crippen LogP contribution in [-0.2, 0) is 20.9 Å². The Morgan fingerprint density at radius 2 is 1.84 bits per heavy atom. The summed E-state index contributed by atoms with van der Waals surface area (Å²) in [4.78, 5) is 43.7. The first-order chi connectivity index (χ1) is 17.8. The number of aliphatic hydroxyl groups excluding tert-OH is 1. The van der Waals surface area contributed by atoms with E-state index in [9.17, 15) is 19.5 Å². The minimum Gasteiger partial charge on any atom is -0.507 e. The van der Waals surface area contributed by atoms with Gasteiger partial charge >= 0.3 is 5.97 Å². The summed E-state index contributed by atoms with van der Waals surface area (Å²) >= 11 is 6.31. The van der Waals surface area contributed by atoms with E-state index >= 15 is 0 Å². The number of aromatic nitrogens is 2. The minimum atomic E-state index is -0.861. The molecule has 192 valence electrons. The number of amides is 1. The van der Waals surface area contributed by atoms with Crippen molar-refractivity contribution in [1.82, 2.24) is 14.5 Å². The zero-order chi connectivity index (χ0) is 26.5. The highest BCUT2D eigenvalue weighted by Gasteiger charge is 2.45. The molecule has 0 saturated carbocycles. The molecular weight excluding hydrogens is 498 g/mol. The molecule has 37 heavy (non-hydrogen) atoms. The highest BCUT2D eigenvalue weighted by atomic mass is 35.5. The van der Waals surface area contributed by atoms with Crippen LogP contribution in [0.4, 0.5) is 0 Å². The van der Waals surface area contributed by atoms with E-state index in [1.54, 1.807) is 48.9 Å². The molecule has 1 aliphatic heterocycles. The van der Waals surface area contributed by atoms with E-state index in [1.807, 2.05) is 17.7 Å².